The first-order valence-corrected chi connectivity index (χ1v) is 7.87. The molecule has 0 saturated heterocycles. The van der Waals surface area contributed by atoms with E-state index < -0.39 is 22.0 Å². The van der Waals surface area contributed by atoms with Crippen LogP contribution in [0.4, 0.5) is 0 Å². The highest BCUT2D eigenvalue weighted by atomic mass is 79.9. The van der Waals surface area contributed by atoms with Gasteiger partial charge >= 0.3 is 5.97 Å². The average Bonchev–Trinajstić information content (AvgIpc) is 2.57. The zero-order valence-electron chi connectivity index (χ0n) is 9.64. The third-order valence-corrected chi connectivity index (χ3v) is 5.34. The minimum atomic E-state index is -3.87. The number of sulfonamides is 1. The number of aryl methyl sites for hydroxylation is 1. The Morgan fingerprint density at radius 3 is 2.67 bits per heavy atom. The van der Waals surface area contributed by atoms with Gasteiger partial charge in [-0.05, 0) is 28.9 Å². The van der Waals surface area contributed by atoms with Crippen LogP contribution in [-0.2, 0) is 19.6 Å². The molecule has 0 saturated carbocycles. The number of thiophene rings is 1. The molecule has 0 spiro atoms. The fourth-order valence-electron chi connectivity index (χ4n) is 1.27. The Kier molecular flexibility index (Phi) is 5.29. The number of methoxy groups -OCH3 is 1. The number of halogens is 1. The summed E-state index contributed by atoms with van der Waals surface area (Å²) in [5.74, 6) is -1.28. The van der Waals surface area contributed by atoms with Gasteiger partial charge in [-0.2, -0.15) is 4.72 Å². The molecule has 0 aromatic carbocycles. The predicted octanol–water partition coefficient (Wildman–Crippen LogP) is 1.20. The molecule has 2 N–H and O–H groups in total. The molecule has 0 aliphatic carbocycles. The van der Waals surface area contributed by atoms with E-state index in [0.29, 0.717) is 8.66 Å². The quantitative estimate of drug-likeness (QED) is 0.797. The lowest BCUT2D eigenvalue weighted by molar-refractivity contribution is -0.140. The first-order valence-electron chi connectivity index (χ1n) is 4.78. The number of carboxylic acids is 1. The van der Waals surface area contributed by atoms with Gasteiger partial charge in [-0.25, -0.2) is 8.42 Å². The van der Waals surface area contributed by atoms with Crippen LogP contribution in [0.3, 0.4) is 0 Å². The molecule has 1 aromatic rings. The minimum Gasteiger partial charge on any atom is -0.480 e. The Labute approximate surface area is 117 Å². The maximum absolute atomic E-state index is 12.0. The Morgan fingerprint density at radius 1 is 1.67 bits per heavy atom. The van der Waals surface area contributed by atoms with Gasteiger partial charge in [0.1, 0.15) is 6.04 Å². The van der Waals surface area contributed by atoms with E-state index >= 15 is 0 Å². The van der Waals surface area contributed by atoms with E-state index in [1.54, 1.807) is 6.92 Å². The van der Waals surface area contributed by atoms with E-state index in [1.807, 2.05) is 0 Å². The van der Waals surface area contributed by atoms with Crippen LogP contribution in [0.2, 0.25) is 0 Å². The second kappa shape index (κ2) is 6.11. The third-order valence-electron chi connectivity index (χ3n) is 2.06. The molecule has 0 fully saturated rings. The molecule has 18 heavy (non-hydrogen) atoms. The summed E-state index contributed by atoms with van der Waals surface area (Å²) in [6, 6.07) is 0.131. The smallest absolute Gasteiger partial charge is 0.324 e. The molecule has 0 bridgehead atoms. The molecular weight excluding hydrogens is 346 g/mol. The maximum atomic E-state index is 12.0. The first kappa shape index (κ1) is 15.6. The summed E-state index contributed by atoms with van der Waals surface area (Å²) in [6.45, 7) is 1.41. The van der Waals surface area contributed by atoms with Gasteiger partial charge in [0.15, 0.2) is 0 Å². The van der Waals surface area contributed by atoms with Crippen molar-refractivity contribution in [3.8, 4) is 0 Å². The molecule has 1 atom stereocenters. The van der Waals surface area contributed by atoms with Crippen molar-refractivity contribution in [1.29, 1.82) is 0 Å². The molecule has 0 radical (unpaired) electrons. The summed E-state index contributed by atoms with van der Waals surface area (Å²) in [5, 5.41) is 8.88. The topological polar surface area (TPSA) is 92.7 Å². The summed E-state index contributed by atoms with van der Waals surface area (Å²) in [7, 11) is -2.56. The van der Waals surface area contributed by atoms with E-state index in [2.05, 4.69) is 25.4 Å². The van der Waals surface area contributed by atoms with Crippen molar-refractivity contribution in [3.05, 3.63) is 14.7 Å². The van der Waals surface area contributed by atoms with Crippen molar-refractivity contribution >= 4 is 43.3 Å². The van der Waals surface area contributed by atoms with Crippen molar-refractivity contribution in [2.75, 3.05) is 13.7 Å². The zero-order valence-corrected chi connectivity index (χ0v) is 12.9. The molecule has 0 aliphatic heterocycles. The van der Waals surface area contributed by atoms with Crippen molar-refractivity contribution in [2.45, 2.75) is 17.9 Å². The molecule has 102 valence electrons. The summed E-state index contributed by atoms with van der Waals surface area (Å²) < 4.78 is 31.5. The Morgan fingerprint density at radius 2 is 2.28 bits per heavy atom. The summed E-state index contributed by atoms with van der Waals surface area (Å²) in [4.78, 5) is 11.5. The Balaban J connectivity index is 3.00. The van der Waals surface area contributed by atoms with E-state index in [-0.39, 0.29) is 11.5 Å². The van der Waals surface area contributed by atoms with E-state index in [1.165, 1.54) is 24.5 Å². The molecular formula is C9H12BrNO5S2. The fraction of sp³-hybridized carbons (Fsp3) is 0.444. The van der Waals surface area contributed by atoms with Crippen molar-refractivity contribution in [2.24, 2.45) is 0 Å². The highest BCUT2D eigenvalue weighted by Gasteiger charge is 2.27. The van der Waals surface area contributed by atoms with Gasteiger partial charge in [-0.3, -0.25) is 4.79 Å². The van der Waals surface area contributed by atoms with Crippen LogP contribution in [0.15, 0.2) is 14.7 Å². The average molecular weight is 358 g/mol. The molecule has 9 heteroatoms. The van der Waals surface area contributed by atoms with Crippen LogP contribution in [-0.4, -0.2) is 39.3 Å². The van der Waals surface area contributed by atoms with Crippen LogP contribution in [0.25, 0.3) is 0 Å². The molecule has 0 aliphatic rings. The number of ether oxygens (including phenoxy) is 1. The monoisotopic (exact) mass is 357 g/mol. The van der Waals surface area contributed by atoms with E-state index in [0.717, 1.165) is 0 Å². The number of carboxylic acid groups (broad SMARTS) is 1. The summed E-state index contributed by atoms with van der Waals surface area (Å²) >= 11 is 4.45. The van der Waals surface area contributed by atoms with Gasteiger partial charge in [0.25, 0.3) is 0 Å². The third kappa shape index (κ3) is 3.75. The highest BCUT2D eigenvalue weighted by Crippen LogP contribution is 2.29. The van der Waals surface area contributed by atoms with Crippen LogP contribution in [0.5, 0.6) is 0 Å². The van der Waals surface area contributed by atoms with Crippen molar-refractivity contribution in [3.63, 3.8) is 0 Å². The number of nitrogens with one attached hydrogen (secondary N) is 1. The lowest BCUT2D eigenvalue weighted by Gasteiger charge is -2.13. The first-order chi connectivity index (χ1) is 8.27. The molecule has 1 unspecified atom stereocenters. The van der Waals surface area contributed by atoms with Gasteiger partial charge in [0.05, 0.1) is 15.3 Å². The number of rotatable bonds is 6. The SMILES string of the molecule is COCC(NS(=O)(=O)c1cc(Br)sc1C)C(=O)O. The largest absolute Gasteiger partial charge is 0.480 e. The molecule has 0 amide bonds. The fourth-order valence-corrected chi connectivity index (χ4v) is 4.86. The summed E-state index contributed by atoms with van der Waals surface area (Å²) in [5.41, 5.74) is 0. The van der Waals surface area contributed by atoms with Gasteiger partial charge in [-0.15, -0.1) is 11.3 Å². The minimum absolute atomic E-state index is 0.0710. The second-order valence-corrected chi connectivity index (χ2v) is 7.76. The van der Waals surface area contributed by atoms with Crippen LogP contribution < -0.4 is 4.72 Å². The lowest BCUT2D eigenvalue weighted by atomic mass is 10.3. The zero-order chi connectivity index (χ0) is 13.9. The molecule has 1 heterocycles. The number of carbonyl (C=O) groups is 1. The number of aliphatic carboxylic acids is 1. The van der Waals surface area contributed by atoms with Crippen molar-refractivity contribution in [1.82, 2.24) is 4.72 Å². The van der Waals surface area contributed by atoms with E-state index in [4.69, 9.17) is 5.11 Å². The van der Waals surface area contributed by atoms with Crippen molar-refractivity contribution < 1.29 is 23.1 Å². The van der Waals surface area contributed by atoms with Gasteiger partial charge < -0.3 is 9.84 Å². The molecule has 1 rings (SSSR count). The standard InChI is InChI=1S/C9H12BrNO5S2/c1-5-7(3-8(10)17-5)18(14,15)11-6(4-16-2)9(12)13/h3,6,11H,4H2,1-2H3,(H,12,13). The maximum Gasteiger partial charge on any atom is 0.324 e. The predicted molar refractivity (Wildman–Crippen MR) is 70.4 cm³/mol. The number of hydrogen-bond acceptors (Lipinski definition) is 5. The van der Waals surface area contributed by atoms with Gasteiger partial charge in [-0.1, -0.05) is 0 Å². The summed E-state index contributed by atoms with van der Waals surface area (Å²) in [6.07, 6.45) is 0. The Hall–Kier alpha value is -0.480. The van der Waals surface area contributed by atoms with Crippen LogP contribution in [0, 0.1) is 6.92 Å². The van der Waals surface area contributed by atoms with Gasteiger partial charge in [0.2, 0.25) is 10.0 Å². The number of hydrogen-bond donors (Lipinski definition) is 2. The van der Waals surface area contributed by atoms with Crippen LogP contribution >= 0.6 is 27.3 Å². The molecule has 1 aromatic heterocycles. The highest BCUT2D eigenvalue weighted by molar-refractivity contribution is 9.11. The van der Waals surface area contributed by atoms with E-state index in [9.17, 15) is 13.2 Å². The van der Waals surface area contributed by atoms with Gasteiger partial charge in [0, 0.05) is 12.0 Å². The Bertz CT molecular complexity index is 539. The van der Waals surface area contributed by atoms with Crippen LogP contribution in [0.1, 0.15) is 4.88 Å². The normalized spacial score (nSPS) is 13.5. The lowest BCUT2D eigenvalue weighted by Crippen LogP contribution is -2.43. The second-order valence-electron chi connectivity index (χ2n) is 3.44. The molecule has 6 nitrogen and oxygen atoms in total.